The van der Waals surface area contributed by atoms with E-state index in [1.54, 1.807) is 30.0 Å². The van der Waals surface area contributed by atoms with Crippen molar-refractivity contribution in [1.29, 1.82) is 0 Å². The average Bonchev–Trinajstić information content (AvgIpc) is 3.33. The molecule has 2 aliphatic heterocycles. The fraction of sp³-hybridized carbons (Fsp3) is 0.348. The second-order valence-corrected chi connectivity index (χ2v) is 9.16. The Bertz CT molecular complexity index is 1000. The van der Waals surface area contributed by atoms with Crippen molar-refractivity contribution >= 4 is 29.6 Å². The largest absolute Gasteiger partial charge is 0.325 e. The summed E-state index contributed by atoms with van der Waals surface area (Å²) in [6, 6.07) is 15.5. The Morgan fingerprint density at radius 2 is 1.87 bits per heavy atom. The maximum Gasteiger partial charge on any atom is 0.325 e. The maximum atomic E-state index is 14.3. The summed E-state index contributed by atoms with van der Waals surface area (Å²) >= 11 is 1.47. The second kappa shape index (κ2) is 8.70. The molecule has 1 N–H and O–H groups in total. The Labute approximate surface area is 184 Å². The van der Waals surface area contributed by atoms with E-state index in [0.29, 0.717) is 30.7 Å². The molecular weight excluding hydrogens is 417 g/mol. The van der Waals surface area contributed by atoms with E-state index in [9.17, 15) is 18.8 Å². The molecule has 4 amide bonds. The minimum Gasteiger partial charge on any atom is -0.324 e. The molecular formula is C23H24FN3O3S. The van der Waals surface area contributed by atoms with Gasteiger partial charge >= 0.3 is 6.03 Å². The number of benzene rings is 2. The van der Waals surface area contributed by atoms with Gasteiger partial charge in [-0.2, -0.15) is 0 Å². The summed E-state index contributed by atoms with van der Waals surface area (Å²) in [4.78, 5) is 41.1. The number of aryl methyl sites for hydroxylation is 1. The molecule has 0 spiro atoms. The molecule has 2 heterocycles. The highest BCUT2D eigenvalue weighted by Crippen LogP contribution is 2.39. The molecule has 2 aliphatic rings. The monoisotopic (exact) mass is 441 g/mol. The van der Waals surface area contributed by atoms with Crippen LogP contribution in [0.3, 0.4) is 0 Å². The number of hydrogen-bond donors (Lipinski definition) is 1. The summed E-state index contributed by atoms with van der Waals surface area (Å²) in [5.74, 6) is -0.479. The van der Waals surface area contributed by atoms with Gasteiger partial charge < -0.3 is 10.2 Å². The van der Waals surface area contributed by atoms with Crippen LogP contribution in [0, 0.1) is 5.82 Å². The zero-order valence-electron chi connectivity index (χ0n) is 17.2. The van der Waals surface area contributed by atoms with Crippen LogP contribution in [0.5, 0.6) is 0 Å². The minimum atomic E-state index is -1.06. The Kier molecular flexibility index (Phi) is 6.00. The predicted molar refractivity (Wildman–Crippen MR) is 117 cm³/mol. The molecule has 6 nitrogen and oxygen atoms in total. The van der Waals surface area contributed by atoms with Crippen molar-refractivity contribution in [2.75, 3.05) is 18.8 Å². The topological polar surface area (TPSA) is 69.7 Å². The van der Waals surface area contributed by atoms with E-state index in [1.807, 2.05) is 30.3 Å². The lowest BCUT2D eigenvalue weighted by Crippen LogP contribution is -2.46. The van der Waals surface area contributed by atoms with Crippen molar-refractivity contribution in [3.05, 3.63) is 71.5 Å². The number of amides is 4. The van der Waals surface area contributed by atoms with Crippen molar-refractivity contribution in [2.24, 2.45) is 0 Å². The SMILES string of the molecule is CC1(CCc2ccccc2)NC(=O)N(CC(=O)N2CCSC2c2ccccc2F)C1=O. The number of urea groups is 1. The molecule has 4 rings (SSSR count). The Morgan fingerprint density at radius 1 is 1.16 bits per heavy atom. The second-order valence-electron chi connectivity index (χ2n) is 7.97. The summed E-state index contributed by atoms with van der Waals surface area (Å²) in [7, 11) is 0. The first-order valence-corrected chi connectivity index (χ1v) is 11.3. The third-order valence-corrected chi connectivity index (χ3v) is 7.02. The number of hydrogen-bond acceptors (Lipinski definition) is 4. The highest BCUT2D eigenvalue weighted by molar-refractivity contribution is 7.99. The van der Waals surface area contributed by atoms with Gasteiger partial charge in [-0.15, -0.1) is 11.8 Å². The molecule has 0 radical (unpaired) electrons. The van der Waals surface area contributed by atoms with Gasteiger partial charge in [0.2, 0.25) is 5.91 Å². The molecule has 162 valence electrons. The fourth-order valence-electron chi connectivity index (χ4n) is 3.98. The number of nitrogens with zero attached hydrogens (tertiary/aromatic N) is 2. The van der Waals surface area contributed by atoms with Crippen LogP contribution in [0.25, 0.3) is 0 Å². The van der Waals surface area contributed by atoms with Crippen LogP contribution in [-0.2, 0) is 16.0 Å². The van der Waals surface area contributed by atoms with E-state index >= 15 is 0 Å². The van der Waals surface area contributed by atoms with Crippen molar-refractivity contribution in [2.45, 2.75) is 30.7 Å². The minimum absolute atomic E-state index is 0.350. The Balaban J connectivity index is 1.43. The summed E-state index contributed by atoms with van der Waals surface area (Å²) in [5.41, 5.74) is 0.447. The van der Waals surface area contributed by atoms with Crippen LogP contribution in [0.15, 0.2) is 54.6 Å². The van der Waals surface area contributed by atoms with Crippen LogP contribution >= 0.6 is 11.8 Å². The molecule has 0 aromatic heterocycles. The molecule has 0 aliphatic carbocycles. The maximum absolute atomic E-state index is 14.3. The van der Waals surface area contributed by atoms with Gasteiger partial charge in [0.1, 0.15) is 23.3 Å². The van der Waals surface area contributed by atoms with Gasteiger partial charge in [-0.1, -0.05) is 48.5 Å². The predicted octanol–water partition coefficient (Wildman–Crippen LogP) is 3.34. The van der Waals surface area contributed by atoms with Crippen molar-refractivity contribution in [3.63, 3.8) is 0 Å². The van der Waals surface area contributed by atoms with E-state index in [0.717, 1.165) is 10.5 Å². The van der Waals surface area contributed by atoms with Gasteiger partial charge in [-0.05, 0) is 31.4 Å². The first kappa shape index (κ1) is 21.4. The molecule has 0 bridgehead atoms. The molecule has 8 heteroatoms. The zero-order valence-corrected chi connectivity index (χ0v) is 18.0. The van der Waals surface area contributed by atoms with Crippen LogP contribution < -0.4 is 5.32 Å². The van der Waals surface area contributed by atoms with E-state index in [2.05, 4.69) is 5.32 Å². The zero-order chi connectivity index (χ0) is 22.0. The number of nitrogens with one attached hydrogen (secondary N) is 1. The van der Waals surface area contributed by atoms with Gasteiger partial charge in [0.15, 0.2) is 0 Å². The first-order valence-electron chi connectivity index (χ1n) is 10.2. The van der Waals surface area contributed by atoms with E-state index in [4.69, 9.17) is 0 Å². The van der Waals surface area contributed by atoms with Crippen molar-refractivity contribution < 1.29 is 18.8 Å². The van der Waals surface area contributed by atoms with Crippen molar-refractivity contribution in [1.82, 2.24) is 15.1 Å². The number of imide groups is 1. The first-order chi connectivity index (χ1) is 14.9. The molecule has 2 aromatic rings. The standard InChI is InChI=1S/C23H24FN3O3S/c1-23(12-11-16-7-3-2-4-8-16)21(29)27(22(30)25-23)15-19(28)26-13-14-31-20(26)17-9-5-6-10-18(17)24/h2-10,20H,11-15H2,1H3,(H,25,30). The Hall–Kier alpha value is -2.87. The lowest BCUT2D eigenvalue weighted by molar-refractivity contribution is -0.139. The molecule has 2 aromatic carbocycles. The van der Waals surface area contributed by atoms with Crippen LogP contribution in [-0.4, -0.2) is 52.0 Å². The third kappa shape index (κ3) is 4.30. The molecule has 2 saturated heterocycles. The summed E-state index contributed by atoms with van der Waals surface area (Å²) in [5, 5.41) is 2.29. The lowest BCUT2D eigenvalue weighted by atomic mass is 9.93. The summed E-state index contributed by atoms with van der Waals surface area (Å²) in [6.07, 6.45) is 1.06. The fourth-order valence-corrected chi connectivity index (χ4v) is 5.28. The molecule has 2 atom stereocenters. The summed E-state index contributed by atoms with van der Waals surface area (Å²) in [6.45, 7) is 1.78. The van der Waals surface area contributed by atoms with Gasteiger partial charge in [-0.3, -0.25) is 14.5 Å². The molecule has 2 unspecified atom stereocenters. The highest BCUT2D eigenvalue weighted by atomic mass is 32.2. The van der Waals surface area contributed by atoms with E-state index in [-0.39, 0.29) is 18.3 Å². The quantitative estimate of drug-likeness (QED) is 0.698. The van der Waals surface area contributed by atoms with E-state index in [1.165, 1.54) is 17.8 Å². The van der Waals surface area contributed by atoms with Crippen LogP contribution in [0.2, 0.25) is 0 Å². The molecule has 0 saturated carbocycles. The van der Waals surface area contributed by atoms with Gasteiger partial charge in [0.05, 0.1) is 0 Å². The lowest BCUT2D eigenvalue weighted by Gasteiger charge is -2.26. The highest BCUT2D eigenvalue weighted by Gasteiger charge is 2.48. The van der Waals surface area contributed by atoms with Crippen LogP contribution in [0.1, 0.15) is 29.8 Å². The number of halogens is 1. The van der Waals surface area contributed by atoms with Crippen molar-refractivity contribution in [3.8, 4) is 0 Å². The van der Waals surface area contributed by atoms with Gasteiger partial charge in [-0.25, -0.2) is 9.18 Å². The third-order valence-electron chi connectivity index (χ3n) is 5.78. The van der Waals surface area contributed by atoms with Crippen LogP contribution in [0.4, 0.5) is 9.18 Å². The number of carbonyl (C=O) groups excluding carboxylic acids is 3. The van der Waals surface area contributed by atoms with Gasteiger partial charge in [0, 0.05) is 17.9 Å². The van der Waals surface area contributed by atoms with E-state index < -0.39 is 22.9 Å². The van der Waals surface area contributed by atoms with Gasteiger partial charge in [0.25, 0.3) is 5.91 Å². The molecule has 31 heavy (non-hydrogen) atoms. The normalized spacial score (nSPS) is 23.4. The average molecular weight is 442 g/mol. The number of carbonyl (C=O) groups is 3. The number of thioether (sulfide) groups is 1. The molecule has 2 fully saturated rings. The number of rotatable bonds is 6. The summed E-state index contributed by atoms with van der Waals surface area (Å²) < 4.78 is 14.3. The Morgan fingerprint density at radius 3 is 2.61 bits per heavy atom. The smallest absolute Gasteiger partial charge is 0.324 e.